The van der Waals surface area contributed by atoms with E-state index in [0.29, 0.717) is 89.8 Å². The highest BCUT2D eigenvalue weighted by Gasteiger charge is 2.39. The molecule has 62 heavy (non-hydrogen) atoms. The van der Waals surface area contributed by atoms with Gasteiger partial charge in [-0.3, -0.25) is 29.4 Å². The van der Waals surface area contributed by atoms with Gasteiger partial charge in [-0.15, -0.1) is 0 Å². The van der Waals surface area contributed by atoms with Gasteiger partial charge in [-0.1, -0.05) is 23.7 Å². The van der Waals surface area contributed by atoms with Gasteiger partial charge < -0.3 is 40.0 Å². The third-order valence-corrected chi connectivity index (χ3v) is 13.9. The number of imide groups is 1. The molecular weight excluding hydrogens is 831 g/mol. The first kappa shape index (κ1) is 43.0. The minimum absolute atomic E-state index is 0.116. The maximum Gasteiger partial charge on any atom is 0.255 e. The van der Waals surface area contributed by atoms with Crippen molar-refractivity contribution in [2.45, 2.75) is 50.7 Å². The molecule has 4 N–H and O–H groups in total. The number of carbonyl (C=O) groups is 4. The van der Waals surface area contributed by atoms with Gasteiger partial charge in [0.2, 0.25) is 23.7 Å². The van der Waals surface area contributed by atoms with E-state index in [0.717, 1.165) is 56.0 Å². The van der Waals surface area contributed by atoms with Crippen LogP contribution in [0, 0.1) is 0 Å². The molecule has 4 aliphatic heterocycles. The van der Waals surface area contributed by atoms with Crippen molar-refractivity contribution in [2.24, 2.45) is 0 Å². The third kappa shape index (κ3) is 9.52. The van der Waals surface area contributed by atoms with E-state index >= 15 is 0 Å². The number of aromatic nitrogens is 2. The van der Waals surface area contributed by atoms with Gasteiger partial charge in [-0.05, 0) is 80.6 Å². The maximum atomic E-state index is 13.2. The first-order chi connectivity index (χ1) is 29.8. The van der Waals surface area contributed by atoms with Crippen LogP contribution in [0.3, 0.4) is 0 Å². The summed E-state index contributed by atoms with van der Waals surface area (Å²) in [6, 6.07) is 18.8. The van der Waals surface area contributed by atoms with E-state index in [-0.39, 0.29) is 24.1 Å². The number of para-hydroxylation sites is 1. The second-order valence-corrected chi connectivity index (χ2v) is 20.1. The molecule has 1 atom stereocenters. The SMILES string of the molecule is COc1cc(N2CCC(N3CCN(C(=O)CCNc4ccc5c(c4)CN(C4CCC(=O)NC4=O)C5=O)CC3)CC2)ccc1Nc1ncc(Cl)c(Nc2ccccc2P(C)(C)=O)n1. The van der Waals surface area contributed by atoms with E-state index in [9.17, 15) is 23.7 Å². The number of hydrogen-bond donors (Lipinski definition) is 4. The Balaban J connectivity index is 0.782. The monoisotopic (exact) mass is 882 g/mol. The minimum Gasteiger partial charge on any atom is -0.494 e. The molecule has 3 fully saturated rings. The second-order valence-electron chi connectivity index (χ2n) is 16.5. The normalized spacial score (nSPS) is 18.7. The highest BCUT2D eigenvalue weighted by atomic mass is 35.5. The zero-order chi connectivity index (χ0) is 43.5. The van der Waals surface area contributed by atoms with Crippen molar-refractivity contribution in [1.82, 2.24) is 30.0 Å². The first-order valence-electron chi connectivity index (χ1n) is 21.0. The van der Waals surface area contributed by atoms with Crippen LogP contribution in [0.2, 0.25) is 5.02 Å². The number of nitrogens with zero attached hydrogens (tertiary/aromatic N) is 6. The van der Waals surface area contributed by atoms with Crippen LogP contribution in [-0.4, -0.2) is 127 Å². The summed E-state index contributed by atoms with van der Waals surface area (Å²) < 4.78 is 18.7. The molecular formula is C44H52ClN10O6P. The average Bonchev–Trinajstić information content (AvgIpc) is 3.59. The summed E-state index contributed by atoms with van der Waals surface area (Å²) >= 11 is 6.48. The lowest BCUT2D eigenvalue weighted by molar-refractivity contribution is -0.137. The van der Waals surface area contributed by atoms with Gasteiger partial charge in [-0.2, -0.15) is 4.98 Å². The lowest BCUT2D eigenvalue weighted by atomic mass is 10.0. The number of hydrogen-bond acceptors (Lipinski definition) is 13. The highest BCUT2D eigenvalue weighted by molar-refractivity contribution is 7.70. The Morgan fingerprint density at radius 1 is 0.935 bits per heavy atom. The Kier molecular flexibility index (Phi) is 12.7. The third-order valence-electron chi connectivity index (χ3n) is 12.1. The minimum atomic E-state index is -2.56. The van der Waals surface area contributed by atoms with Crippen LogP contribution in [0.25, 0.3) is 0 Å². The van der Waals surface area contributed by atoms with Crippen molar-refractivity contribution in [2.75, 3.05) is 87.1 Å². The molecule has 0 radical (unpaired) electrons. The fourth-order valence-corrected chi connectivity index (χ4v) is 10.1. The number of amides is 4. The van der Waals surface area contributed by atoms with Crippen molar-refractivity contribution in [3.05, 3.63) is 83.0 Å². The molecule has 0 spiro atoms. The molecule has 0 saturated carbocycles. The van der Waals surface area contributed by atoms with Gasteiger partial charge in [0.25, 0.3) is 5.91 Å². The maximum absolute atomic E-state index is 13.2. The summed E-state index contributed by atoms with van der Waals surface area (Å²) in [6.45, 7) is 9.11. The molecule has 0 aliphatic carbocycles. The van der Waals surface area contributed by atoms with Crippen LogP contribution in [0.4, 0.5) is 34.5 Å². The van der Waals surface area contributed by atoms with E-state index in [1.807, 2.05) is 53.4 Å². The summed E-state index contributed by atoms with van der Waals surface area (Å²) in [4.78, 5) is 67.6. The van der Waals surface area contributed by atoms with Crippen LogP contribution in [0.15, 0.2) is 66.9 Å². The highest BCUT2D eigenvalue weighted by Crippen LogP contribution is 2.39. The van der Waals surface area contributed by atoms with Gasteiger partial charge in [0.1, 0.15) is 24.0 Å². The number of piperazine rings is 1. The fraction of sp³-hybridized carbons (Fsp3) is 0.409. The Bertz CT molecular complexity index is 2410. The zero-order valence-corrected chi connectivity index (χ0v) is 36.8. The molecule has 326 valence electrons. The van der Waals surface area contributed by atoms with E-state index in [4.69, 9.17) is 16.3 Å². The summed E-state index contributed by atoms with van der Waals surface area (Å²) in [5, 5.41) is 13.2. The molecule has 4 aromatic rings. The van der Waals surface area contributed by atoms with Crippen LogP contribution in [0.5, 0.6) is 5.75 Å². The number of ether oxygens (including phenoxy) is 1. The molecule has 4 amide bonds. The van der Waals surface area contributed by atoms with E-state index in [1.165, 1.54) is 11.1 Å². The van der Waals surface area contributed by atoms with E-state index in [2.05, 4.69) is 47.1 Å². The topological polar surface area (TPSA) is 181 Å². The molecule has 16 nitrogen and oxygen atoms in total. The van der Waals surface area contributed by atoms with Crippen LogP contribution in [-0.2, 0) is 25.5 Å². The summed E-state index contributed by atoms with van der Waals surface area (Å²) in [6.07, 6.45) is 4.45. The summed E-state index contributed by atoms with van der Waals surface area (Å²) in [7, 11) is -0.922. The van der Waals surface area contributed by atoms with Crippen LogP contribution < -0.4 is 36.2 Å². The molecule has 0 bridgehead atoms. The molecule has 1 unspecified atom stereocenters. The number of fused-ring (bicyclic) bond motifs is 1. The van der Waals surface area contributed by atoms with Crippen molar-refractivity contribution < 1.29 is 28.5 Å². The van der Waals surface area contributed by atoms with Gasteiger partial charge in [0, 0.05) is 99.6 Å². The summed E-state index contributed by atoms with van der Waals surface area (Å²) in [5.74, 6) is 0.543. The predicted molar refractivity (Wildman–Crippen MR) is 241 cm³/mol. The standard InChI is InChI=1S/C44H52ClN10O6P/c1-61-37-25-31(9-11-34(37)49-44-47-26-33(45)41(51-44)48-35-6-4-5-7-38(35)62(2,3)60)52-18-15-30(16-19-52)53-20-22-54(23-21-53)40(57)14-17-46-29-8-10-32-28(24-29)27-55(43(32)59)36-12-13-39(56)50-42(36)58/h4-11,24-26,30,36,46H,12-23,27H2,1-3H3,(H,50,56,58)(H2,47,48,49,51). The molecule has 4 aliphatic rings. The van der Waals surface area contributed by atoms with Crippen LogP contribution in [0.1, 0.15) is 48.0 Å². The van der Waals surface area contributed by atoms with Crippen molar-refractivity contribution in [3.8, 4) is 5.75 Å². The van der Waals surface area contributed by atoms with Crippen molar-refractivity contribution in [3.63, 3.8) is 0 Å². The Morgan fingerprint density at radius 3 is 2.45 bits per heavy atom. The number of nitrogens with one attached hydrogen (secondary N) is 4. The molecule has 3 saturated heterocycles. The predicted octanol–water partition coefficient (Wildman–Crippen LogP) is 5.25. The van der Waals surface area contributed by atoms with Crippen LogP contribution >= 0.6 is 18.7 Å². The number of piperidine rings is 2. The lowest BCUT2D eigenvalue weighted by Gasteiger charge is -2.43. The number of halogens is 1. The van der Waals surface area contributed by atoms with Gasteiger partial charge in [0.15, 0.2) is 5.82 Å². The number of benzene rings is 3. The first-order valence-corrected chi connectivity index (χ1v) is 24.0. The van der Waals surface area contributed by atoms with E-state index < -0.39 is 19.1 Å². The number of anilines is 6. The molecule has 18 heteroatoms. The lowest BCUT2D eigenvalue weighted by Crippen LogP contribution is -2.54. The fourth-order valence-electron chi connectivity index (χ4n) is 8.77. The smallest absolute Gasteiger partial charge is 0.255 e. The average molecular weight is 883 g/mol. The Hall–Kier alpha value is -5.70. The molecule has 1 aromatic heterocycles. The second kappa shape index (κ2) is 18.3. The number of methoxy groups -OCH3 is 1. The van der Waals surface area contributed by atoms with Gasteiger partial charge in [0.05, 0.1) is 24.7 Å². The van der Waals surface area contributed by atoms with Gasteiger partial charge in [-0.25, -0.2) is 4.98 Å². The van der Waals surface area contributed by atoms with Crippen molar-refractivity contribution >= 4 is 82.2 Å². The van der Waals surface area contributed by atoms with Gasteiger partial charge >= 0.3 is 0 Å². The van der Waals surface area contributed by atoms with Crippen molar-refractivity contribution in [1.29, 1.82) is 0 Å². The Morgan fingerprint density at radius 2 is 1.71 bits per heavy atom. The van der Waals surface area contributed by atoms with E-state index in [1.54, 1.807) is 26.5 Å². The molecule has 3 aromatic carbocycles. The Labute approximate surface area is 366 Å². The molecule has 5 heterocycles. The zero-order valence-electron chi connectivity index (χ0n) is 35.2. The number of carbonyl (C=O) groups excluding carboxylic acids is 4. The summed E-state index contributed by atoms with van der Waals surface area (Å²) in [5.41, 5.74) is 4.65. The molecule has 8 rings (SSSR count). The quantitative estimate of drug-likeness (QED) is 0.101. The largest absolute Gasteiger partial charge is 0.494 e. The number of rotatable bonds is 13.